The van der Waals surface area contributed by atoms with Crippen LogP contribution >= 0.6 is 11.3 Å². The van der Waals surface area contributed by atoms with Crippen molar-refractivity contribution in [3.8, 4) is 11.6 Å². The van der Waals surface area contributed by atoms with Crippen LogP contribution in [0.1, 0.15) is 16.0 Å². The van der Waals surface area contributed by atoms with Crippen molar-refractivity contribution in [2.45, 2.75) is 19.8 Å². The van der Waals surface area contributed by atoms with Crippen molar-refractivity contribution < 1.29 is 9.53 Å². The Morgan fingerprint density at radius 3 is 2.74 bits per heavy atom. The SMILES string of the molecule is Cc1cccc(Oc2ccc(CC(=O)Cc3cccs3)cn2)c1. The number of carbonyl (C=O) groups is 1. The topological polar surface area (TPSA) is 39.2 Å². The van der Waals surface area contributed by atoms with Gasteiger partial charge in [-0.05, 0) is 41.6 Å². The van der Waals surface area contributed by atoms with Crippen LogP contribution in [0.2, 0.25) is 0 Å². The van der Waals surface area contributed by atoms with Gasteiger partial charge in [0.1, 0.15) is 11.5 Å². The number of thiophene rings is 1. The first kappa shape index (κ1) is 15.4. The van der Waals surface area contributed by atoms with E-state index in [0.717, 1.165) is 21.8 Å². The fraction of sp³-hybridized carbons (Fsp3) is 0.158. The van der Waals surface area contributed by atoms with Gasteiger partial charge in [-0.25, -0.2) is 4.98 Å². The Bertz CT molecular complexity index is 779. The van der Waals surface area contributed by atoms with Crippen LogP contribution in [0.4, 0.5) is 0 Å². The van der Waals surface area contributed by atoms with E-state index in [-0.39, 0.29) is 5.78 Å². The van der Waals surface area contributed by atoms with Gasteiger partial charge in [-0.15, -0.1) is 11.3 Å². The zero-order valence-corrected chi connectivity index (χ0v) is 13.7. The normalized spacial score (nSPS) is 10.5. The van der Waals surface area contributed by atoms with E-state index in [1.54, 1.807) is 23.6 Å². The second-order valence-corrected chi connectivity index (χ2v) is 6.43. The van der Waals surface area contributed by atoms with Crippen LogP contribution in [-0.2, 0) is 17.6 Å². The Kier molecular flexibility index (Phi) is 4.83. The molecule has 4 heteroatoms. The summed E-state index contributed by atoms with van der Waals surface area (Å²) in [4.78, 5) is 17.4. The van der Waals surface area contributed by atoms with Crippen molar-refractivity contribution in [1.29, 1.82) is 0 Å². The number of nitrogens with zero attached hydrogens (tertiary/aromatic N) is 1. The van der Waals surface area contributed by atoms with Crippen molar-refractivity contribution in [1.82, 2.24) is 4.98 Å². The molecule has 0 spiro atoms. The van der Waals surface area contributed by atoms with Gasteiger partial charge in [0.2, 0.25) is 5.88 Å². The average Bonchev–Trinajstić information content (AvgIpc) is 3.02. The van der Waals surface area contributed by atoms with Crippen LogP contribution in [-0.4, -0.2) is 10.8 Å². The van der Waals surface area contributed by atoms with E-state index in [2.05, 4.69) is 4.98 Å². The van der Waals surface area contributed by atoms with Crippen molar-refractivity contribution in [3.63, 3.8) is 0 Å². The number of hydrogen-bond acceptors (Lipinski definition) is 4. The third-order valence-corrected chi connectivity index (χ3v) is 4.24. The number of Topliss-reactive ketones (excluding diaryl/α,β-unsaturated/α-hetero) is 1. The lowest BCUT2D eigenvalue weighted by Crippen LogP contribution is -2.05. The number of ether oxygens (including phenoxy) is 1. The van der Waals surface area contributed by atoms with E-state index in [9.17, 15) is 4.79 Å². The molecule has 3 rings (SSSR count). The molecule has 0 fully saturated rings. The van der Waals surface area contributed by atoms with Crippen LogP contribution in [0.5, 0.6) is 11.6 Å². The molecule has 0 N–H and O–H groups in total. The zero-order valence-electron chi connectivity index (χ0n) is 12.9. The first-order chi connectivity index (χ1) is 11.2. The monoisotopic (exact) mass is 323 g/mol. The Labute approximate surface area is 139 Å². The lowest BCUT2D eigenvalue weighted by atomic mass is 10.1. The summed E-state index contributed by atoms with van der Waals surface area (Å²) in [6.45, 7) is 2.02. The van der Waals surface area contributed by atoms with E-state index in [0.29, 0.717) is 18.7 Å². The van der Waals surface area contributed by atoms with Crippen molar-refractivity contribution in [2.24, 2.45) is 0 Å². The van der Waals surface area contributed by atoms with E-state index in [1.165, 1.54) is 0 Å². The van der Waals surface area contributed by atoms with E-state index in [1.807, 2.05) is 54.8 Å². The summed E-state index contributed by atoms with van der Waals surface area (Å²) in [7, 11) is 0. The minimum absolute atomic E-state index is 0.196. The van der Waals surface area contributed by atoms with Gasteiger partial charge in [-0.3, -0.25) is 4.79 Å². The first-order valence-electron chi connectivity index (χ1n) is 7.42. The summed E-state index contributed by atoms with van der Waals surface area (Å²) in [5.41, 5.74) is 2.04. The molecule has 2 aromatic heterocycles. The number of aryl methyl sites for hydroxylation is 1. The molecule has 2 heterocycles. The molecular formula is C19H17NO2S. The van der Waals surface area contributed by atoms with Gasteiger partial charge in [0.05, 0.1) is 0 Å². The molecule has 116 valence electrons. The summed E-state index contributed by atoms with van der Waals surface area (Å²) in [5, 5.41) is 1.99. The maximum atomic E-state index is 12.0. The summed E-state index contributed by atoms with van der Waals surface area (Å²) in [6, 6.07) is 15.5. The van der Waals surface area contributed by atoms with Crippen LogP contribution < -0.4 is 4.74 Å². The summed E-state index contributed by atoms with van der Waals surface area (Å²) in [6.07, 6.45) is 2.59. The number of ketones is 1. The summed E-state index contributed by atoms with van der Waals surface area (Å²) < 4.78 is 5.71. The second-order valence-electron chi connectivity index (χ2n) is 5.39. The van der Waals surface area contributed by atoms with E-state index in [4.69, 9.17) is 4.74 Å². The van der Waals surface area contributed by atoms with Crippen molar-refractivity contribution in [3.05, 3.63) is 76.1 Å². The Morgan fingerprint density at radius 1 is 1.13 bits per heavy atom. The average molecular weight is 323 g/mol. The maximum Gasteiger partial charge on any atom is 0.219 e. The number of hydrogen-bond donors (Lipinski definition) is 0. The Balaban J connectivity index is 1.59. The lowest BCUT2D eigenvalue weighted by molar-refractivity contribution is -0.117. The molecule has 0 amide bonds. The van der Waals surface area contributed by atoms with Crippen molar-refractivity contribution in [2.75, 3.05) is 0 Å². The van der Waals surface area contributed by atoms with Crippen LogP contribution in [0, 0.1) is 6.92 Å². The quantitative estimate of drug-likeness (QED) is 0.665. The molecule has 1 aromatic carbocycles. The molecule has 0 saturated carbocycles. The Hall–Kier alpha value is -2.46. The predicted octanol–water partition coefficient (Wildman–Crippen LogP) is 4.60. The minimum Gasteiger partial charge on any atom is -0.439 e. The molecule has 0 aliphatic carbocycles. The first-order valence-corrected chi connectivity index (χ1v) is 8.30. The van der Waals surface area contributed by atoms with Gasteiger partial charge in [0, 0.05) is 30.0 Å². The number of carbonyl (C=O) groups excluding carboxylic acids is 1. The van der Waals surface area contributed by atoms with Gasteiger partial charge < -0.3 is 4.74 Å². The molecule has 23 heavy (non-hydrogen) atoms. The summed E-state index contributed by atoms with van der Waals surface area (Å²) >= 11 is 1.61. The predicted molar refractivity (Wildman–Crippen MR) is 92.2 cm³/mol. The molecular weight excluding hydrogens is 306 g/mol. The Morgan fingerprint density at radius 2 is 2.04 bits per heavy atom. The highest BCUT2D eigenvalue weighted by Crippen LogP contribution is 2.20. The van der Waals surface area contributed by atoms with Gasteiger partial charge >= 0.3 is 0 Å². The standard InChI is InChI=1S/C19H17NO2S/c1-14-4-2-5-17(10-14)22-19-8-7-15(13-20-19)11-16(21)12-18-6-3-9-23-18/h2-10,13H,11-12H2,1H3. The lowest BCUT2D eigenvalue weighted by Gasteiger charge is -2.06. The van der Waals surface area contributed by atoms with Crippen LogP contribution in [0.25, 0.3) is 0 Å². The molecule has 0 bridgehead atoms. The molecule has 0 atom stereocenters. The second kappa shape index (κ2) is 7.20. The van der Waals surface area contributed by atoms with Crippen LogP contribution in [0.15, 0.2) is 60.1 Å². The highest BCUT2D eigenvalue weighted by Gasteiger charge is 2.07. The smallest absolute Gasteiger partial charge is 0.219 e. The molecule has 0 aliphatic rings. The number of benzene rings is 1. The van der Waals surface area contributed by atoms with E-state index < -0.39 is 0 Å². The third-order valence-electron chi connectivity index (χ3n) is 3.36. The van der Waals surface area contributed by atoms with Gasteiger partial charge in [-0.1, -0.05) is 24.3 Å². The molecule has 0 unspecified atom stereocenters. The summed E-state index contributed by atoms with van der Waals surface area (Å²) in [5.74, 6) is 1.49. The fourth-order valence-electron chi connectivity index (χ4n) is 2.27. The molecule has 3 aromatic rings. The van der Waals surface area contributed by atoms with Crippen LogP contribution in [0.3, 0.4) is 0 Å². The van der Waals surface area contributed by atoms with E-state index >= 15 is 0 Å². The zero-order chi connectivity index (χ0) is 16.1. The fourth-order valence-corrected chi connectivity index (χ4v) is 3.01. The minimum atomic E-state index is 0.196. The largest absolute Gasteiger partial charge is 0.439 e. The maximum absolute atomic E-state index is 12.0. The highest BCUT2D eigenvalue weighted by atomic mass is 32.1. The van der Waals surface area contributed by atoms with Gasteiger partial charge in [-0.2, -0.15) is 0 Å². The number of pyridine rings is 1. The molecule has 0 saturated heterocycles. The third kappa shape index (κ3) is 4.50. The van der Waals surface area contributed by atoms with Gasteiger partial charge in [0.15, 0.2) is 0 Å². The number of aromatic nitrogens is 1. The molecule has 3 nitrogen and oxygen atoms in total. The van der Waals surface area contributed by atoms with Crippen molar-refractivity contribution >= 4 is 17.1 Å². The van der Waals surface area contributed by atoms with Gasteiger partial charge in [0.25, 0.3) is 0 Å². The molecule has 0 aliphatic heterocycles. The highest BCUT2D eigenvalue weighted by molar-refractivity contribution is 7.10. The molecule has 0 radical (unpaired) electrons. The number of rotatable bonds is 6.